The van der Waals surface area contributed by atoms with Crippen LogP contribution in [0.2, 0.25) is 0 Å². The highest BCUT2D eigenvalue weighted by molar-refractivity contribution is 7.78. The fourth-order valence-corrected chi connectivity index (χ4v) is 1.07. The van der Waals surface area contributed by atoms with Crippen LogP contribution in [-0.4, -0.2) is 25.3 Å². The van der Waals surface area contributed by atoms with Crippen LogP contribution in [0.3, 0.4) is 0 Å². The minimum Gasteiger partial charge on any atom is -0.224 e. The van der Waals surface area contributed by atoms with E-state index < -0.39 is 0 Å². The first-order valence-electron chi connectivity index (χ1n) is 4.04. The van der Waals surface area contributed by atoms with Crippen molar-refractivity contribution in [2.45, 2.75) is 20.0 Å². The van der Waals surface area contributed by atoms with Crippen molar-refractivity contribution in [3.8, 4) is 0 Å². The second-order valence-corrected chi connectivity index (χ2v) is 2.90. The van der Waals surface area contributed by atoms with E-state index in [0.717, 1.165) is 0 Å². The molecule has 0 unspecified atom stereocenters. The van der Waals surface area contributed by atoms with Gasteiger partial charge in [0.15, 0.2) is 11.6 Å². The number of aryl methyl sites for hydroxylation is 1. The van der Waals surface area contributed by atoms with E-state index in [-0.39, 0.29) is 0 Å². The maximum atomic E-state index is 4.46. The predicted octanol–water partition coefficient (Wildman–Crippen LogP) is 1.39. The summed E-state index contributed by atoms with van der Waals surface area (Å²) in [5.41, 5.74) is 0. The summed E-state index contributed by atoms with van der Waals surface area (Å²) in [5, 5.41) is 4.51. The molecule has 76 valence electrons. The Bertz CT molecular complexity index is 408. The van der Waals surface area contributed by atoms with Gasteiger partial charge in [-0.1, -0.05) is 0 Å². The second-order valence-electron chi connectivity index (χ2n) is 2.53. The van der Waals surface area contributed by atoms with Gasteiger partial charge >= 0.3 is 0 Å². The van der Waals surface area contributed by atoms with Crippen molar-refractivity contribution in [2.75, 3.05) is 0 Å². The minimum absolute atomic E-state index is 0.307. The molecule has 0 radical (unpaired) electrons. The van der Waals surface area contributed by atoms with Gasteiger partial charge in [0.2, 0.25) is 0 Å². The third kappa shape index (κ3) is 4.10. The molecular weight excluding hydrogens is 230 g/mol. The number of aromatic nitrogens is 3. The zero-order valence-corrected chi connectivity index (χ0v) is 9.60. The average Bonchev–Trinajstić information content (AvgIpc) is 2.23. The third-order valence-electron chi connectivity index (χ3n) is 1.41. The standard InChI is InChI=1S/C8H7N5S2/c1-6-11-7(2-9-4-14)13-8(12-6)3-10-5-15/h2-3H2,1H3. The van der Waals surface area contributed by atoms with Gasteiger partial charge in [-0.25, -0.2) is 24.9 Å². The number of rotatable bonds is 4. The Morgan fingerprint density at radius 1 is 1.00 bits per heavy atom. The predicted molar refractivity (Wildman–Crippen MR) is 62.0 cm³/mol. The van der Waals surface area contributed by atoms with Crippen molar-refractivity contribution in [3.05, 3.63) is 17.5 Å². The summed E-state index contributed by atoms with van der Waals surface area (Å²) in [6, 6.07) is 0. The quantitative estimate of drug-likeness (QED) is 0.585. The van der Waals surface area contributed by atoms with Crippen LogP contribution in [0, 0.1) is 6.92 Å². The zero-order chi connectivity index (χ0) is 11.1. The largest absolute Gasteiger partial charge is 0.224 e. The SMILES string of the molecule is Cc1nc(CN=C=S)nc(CN=C=S)n1. The van der Waals surface area contributed by atoms with Gasteiger partial charge < -0.3 is 0 Å². The van der Waals surface area contributed by atoms with E-state index in [4.69, 9.17) is 0 Å². The molecule has 0 atom stereocenters. The molecule has 0 aromatic carbocycles. The van der Waals surface area contributed by atoms with Crippen LogP contribution in [0.5, 0.6) is 0 Å². The lowest BCUT2D eigenvalue weighted by Crippen LogP contribution is -2.04. The lowest BCUT2D eigenvalue weighted by molar-refractivity contribution is 0.783. The van der Waals surface area contributed by atoms with Gasteiger partial charge in [-0.2, -0.15) is 0 Å². The van der Waals surface area contributed by atoms with E-state index >= 15 is 0 Å². The van der Waals surface area contributed by atoms with Gasteiger partial charge in [0.25, 0.3) is 0 Å². The van der Waals surface area contributed by atoms with Crippen molar-refractivity contribution in [3.63, 3.8) is 0 Å². The summed E-state index contributed by atoms with van der Waals surface area (Å²) in [6.07, 6.45) is 0. The van der Waals surface area contributed by atoms with E-state index in [1.54, 1.807) is 6.92 Å². The molecule has 0 saturated heterocycles. The van der Waals surface area contributed by atoms with Crippen LogP contribution in [0.25, 0.3) is 0 Å². The Kier molecular flexibility index (Phi) is 4.80. The maximum Gasteiger partial charge on any atom is 0.154 e. The van der Waals surface area contributed by atoms with E-state index in [0.29, 0.717) is 30.6 Å². The summed E-state index contributed by atoms with van der Waals surface area (Å²) in [4.78, 5) is 19.8. The number of thiocarbonyl (C=S) groups is 2. The van der Waals surface area contributed by atoms with Crippen LogP contribution in [0.15, 0.2) is 9.98 Å². The molecule has 1 aromatic rings. The van der Waals surface area contributed by atoms with E-state index in [1.165, 1.54) is 0 Å². The normalized spacial score (nSPS) is 8.87. The van der Waals surface area contributed by atoms with Crippen LogP contribution in [0.1, 0.15) is 17.5 Å². The summed E-state index contributed by atoms with van der Waals surface area (Å²) in [6.45, 7) is 2.39. The number of hydrogen-bond acceptors (Lipinski definition) is 7. The Morgan fingerprint density at radius 3 is 1.87 bits per heavy atom. The van der Waals surface area contributed by atoms with Crippen LogP contribution >= 0.6 is 24.4 Å². The highest BCUT2D eigenvalue weighted by Crippen LogP contribution is 1.98. The fourth-order valence-electron chi connectivity index (χ4n) is 0.945. The first-order chi connectivity index (χ1) is 7.26. The topological polar surface area (TPSA) is 63.4 Å². The summed E-state index contributed by atoms with van der Waals surface area (Å²) in [7, 11) is 0. The number of hydrogen-bond donors (Lipinski definition) is 0. The monoisotopic (exact) mass is 237 g/mol. The molecule has 1 rings (SSSR count). The van der Waals surface area contributed by atoms with E-state index in [1.807, 2.05) is 0 Å². The van der Waals surface area contributed by atoms with Gasteiger partial charge in [0.05, 0.1) is 10.3 Å². The molecule has 1 aromatic heterocycles. The lowest BCUT2D eigenvalue weighted by Gasteiger charge is -1.99. The zero-order valence-electron chi connectivity index (χ0n) is 7.97. The Labute approximate surface area is 97.4 Å². The lowest BCUT2D eigenvalue weighted by atomic mass is 10.5. The summed E-state index contributed by atoms with van der Waals surface area (Å²) >= 11 is 8.91. The highest BCUT2D eigenvalue weighted by Gasteiger charge is 2.02. The molecule has 7 heteroatoms. The number of isothiocyanates is 2. The summed E-state index contributed by atoms with van der Waals surface area (Å²) in [5.74, 6) is 1.72. The van der Waals surface area contributed by atoms with Gasteiger partial charge in [0, 0.05) is 0 Å². The molecule has 0 spiro atoms. The minimum atomic E-state index is 0.307. The first kappa shape index (κ1) is 11.7. The Morgan fingerprint density at radius 2 is 1.47 bits per heavy atom. The van der Waals surface area contributed by atoms with Crippen LogP contribution in [-0.2, 0) is 13.1 Å². The van der Waals surface area contributed by atoms with Crippen molar-refractivity contribution >= 4 is 34.8 Å². The third-order valence-corrected chi connectivity index (χ3v) is 1.67. The van der Waals surface area contributed by atoms with Crippen molar-refractivity contribution in [2.24, 2.45) is 9.98 Å². The molecule has 0 amide bonds. The Hall–Kier alpha value is -1.39. The average molecular weight is 237 g/mol. The van der Waals surface area contributed by atoms with Gasteiger partial charge in [-0.05, 0) is 31.4 Å². The smallest absolute Gasteiger partial charge is 0.154 e. The van der Waals surface area contributed by atoms with Crippen molar-refractivity contribution in [1.29, 1.82) is 0 Å². The molecular formula is C8H7N5S2. The highest BCUT2D eigenvalue weighted by atomic mass is 32.1. The molecule has 0 fully saturated rings. The maximum absolute atomic E-state index is 4.46. The Balaban J connectivity index is 2.93. The second kappa shape index (κ2) is 6.16. The van der Waals surface area contributed by atoms with Crippen molar-refractivity contribution in [1.82, 2.24) is 15.0 Å². The molecule has 0 N–H and O–H groups in total. The van der Waals surface area contributed by atoms with Crippen LogP contribution < -0.4 is 0 Å². The molecule has 5 nitrogen and oxygen atoms in total. The molecule has 0 bridgehead atoms. The van der Waals surface area contributed by atoms with E-state index in [2.05, 4.69) is 59.7 Å². The van der Waals surface area contributed by atoms with Crippen LogP contribution in [0.4, 0.5) is 0 Å². The fraction of sp³-hybridized carbons (Fsp3) is 0.375. The van der Waals surface area contributed by atoms with E-state index in [9.17, 15) is 0 Å². The van der Waals surface area contributed by atoms with Gasteiger partial charge in [-0.15, -0.1) is 0 Å². The molecule has 0 aliphatic carbocycles. The van der Waals surface area contributed by atoms with Gasteiger partial charge in [0.1, 0.15) is 18.9 Å². The molecule has 0 saturated carbocycles. The number of aliphatic imine (C=N–C) groups is 2. The molecule has 15 heavy (non-hydrogen) atoms. The first-order valence-corrected chi connectivity index (χ1v) is 4.85. The van der Waals surface area contributed by atoms with Crippen molar-refractivity contribution < 1.29 is 0 Å². The molecule has 0 aliphatic rings. The molecule has 0 aliphatic heterocycles. The van der Waals surface area contributed by atoms with Gasteiger partial charge in [-0.3, -0.25) is 0 Å². The summed E-state index contributed by atoms with van der Waals surface area (Å²) < 4.78 is 0. The molecule has 1 heterocycles. The number of nitrogens with zero attached hydrogens (tertiary/aromatic N) is 5.